The Labute approximate surface area is 284 Å². The summed E-state index contributed by atoms with van der Waals surface area (Å²) in [7, 11) is 0. The number of hydrogen-bond donors (Lipinski definition) is 0. The molecule has 0 N–H and O–H groups in total. The molecule has 0 amide bonds. The number of fused-ring (bicyclic) bond motifs is 6. The highest BCUT2D eigenvalue weighted by molar-refractivity contribution is 6.22. The summed E-state index contributed by atoms with van der Waals surface area (Å²) in [6.45, 7) is 0. The predicted octanol–water partition coefficient (Wildman–Crippen LogP) is 13.7. The Bertz CT molecular complexity index is 2870. The van der Waals surface area contributed by atoms with Crippen LogP contribution in [-0.4, -0.2) is 0 Å². The maximum absolute atomic E-state index is 6.15. The van der Waals surface area contributed by atoms with Crippen molar-refractivity contribution in [2.45, 2.75) is 0 Å². The van der Waals surface area contributed by atoms with Gasteiger partial charge in [0, 0.05) is 10.8 Å². The first kappa shape index (κ1) is 27.7. The Morgan fingerprint density at radius 3 is 1.63 bits per heavy atom. The third-order valence-corrected chi connectivity index (χ3v) is 10.0. The quantitative estimate of drug-likeness (QED) is 0.178. The van der Waals surface area contributed by atoms with E-state index in [-0.39, 0.29) is 0 Å². The SMILES string of the molecule is c1ccc(-c2ccc3c(-c4cccc(-c5ccc6oc7ccccc7c6c5)c4)c4ccccc4c(-c4ccc5ccccc5c4)c3c2)cc1. The van der Waals surface area contributed by atoms with Gasteiger partial charge in [0.25, 0.3) is 0 Å². The molecule has 0 bridgehead atoms. The molecule has 0 fully saturated rings. The normalized spacial score (nSPS) is 11.7. The summed E-state index contributed by atoms with van der Waals surface area (Å²) in [6, 6.07) is 66.0. The fraction of sp³-hybridized carbons (Fsp3) is 0. The average molecular weight is 623 g/mol. The zero-order valence-electron chi connectivity index (χ0n) is 26.7. The first-order valence-electron chi connectivity index (χ1n) is 16.8. The van der Waals surface area contributed by atoms with Gasteiger partial charge in [-0.2, -0.15) is 0 Å². The minimum atomic E-state index is 0.914. The number of hydrogen-bond acceptors (Lipinski definition) is 1. The summed E-state index contributed by atoms with van der Waals surface area (Å²) in [5.41, 5.74) is 11.6. The summed E-state index contributed by atoms with van der Waals surface area (Å²) >= 11 is 0. The molecule has 1 heteroatoms. The zero-order chi connectivity index (χ0) is 32.3. The van der Waals surface area contributed by atoms with E-state index in [4.69, 9.17) is 4.42 Å². The van der Waals surface area contributed by atoms with Gasteiger partial charge in [0.1, 0.15) is 11.2 Å². The van der Waals surface area contributed by atoms with E-state index in [0.29, 0.717) is 0 Å². The number of furan rings is 1. The summed E-state index contributed by atoms with van der Waals surface area (Å²) in [6.07, 6.45) is 0. The Morgan fingerprint density at radius 2 is 0.776 bits per heavy atom. The van der Waals surface area contributed by atoms with E-state index in [0.717, 1.165) is 21.9 Å². The van der Waals surface area contributed by atoms with Crippen LogP contribution in [-0.2, 0) is 0 Å². The molecule has 0 spiro atoms. The molecule has 1 heterocycles. The van der Waals surface area contributed by atoms with E-state index in [1.807, 2.05) is 12.1 Å². The van der Waals surface area contributed by atoms with E-state index in [9.17, 15) is 0 Å². The molecule has 9 aromatic carbocycles. The molecule has 0 aliphatic rings. The second-order valence-electron chi connectivity index (χ2n) is 12.9. The van der Waals surface area contributed by atoms with Crippen molar-refractivity contribution in [1.82, 2.24) is 0 Å². The smallest absolute Gasteiger partial charge is 0.135 e. The van der Waals surface area contributed by atoms with Crippen LogP contribution in [0.3, 0.4) is 0 Å². The molecule has 49 heavy (non-hydrogen) atoms. The van der Waals surface area contributed by atoms with Gasteiger partial charge in [-0.05, 0) is 113 Å². The molecule has 0 saturated heterocycles. The van der Waals surface area contributed by atoms with Gasteiger partial charge in [-0.1, -0.05) is 146 Å². The van der Waals surface area contributed by atoms with E-state index in [1.165, 1.54) is 76.8 Å². The number of rotatable bonds is 4. The second-order valence-corrected chi connectivity index (χ2v) is 12.9. The van der Waals surface area contributed by atoms with Gasteiger partial charge < -0.3 is 4.42 Å². The molecule has 0 unspecified atom stereocenters. The molecule has 0 aliphatic heterocycles. The molecular formula is C48H30O. The highest BCUT2D eigenvalue weighted by atomic mass is 16.3. The highest BCUT2D eigenvalue weighted by Gasteiger charge is 2.18. The van der Waals surface area contributed by atoms with E-state index >= 15 is 0 Å². The summed E-state index contributed by atoms with van der Waals surface area (Å²) in [5, 5.41) is 9.78. The lowest BCUT2D eigenvalue weighted by atomic mass is 9.84. The van der Waals surface area contributed by atoms with Gasteiger partial charge in [-0.3, -0.25) is 0 Å². The van der Waals surface area contributed by atoms with Gasteiger partial charge in [0.2, 0.25) is 0 Å². The number of para-hydroxylation sites is 1. The first-order valence-corrected chi connectivity index (χ1v) is 16.8. The van der Waals surface area contributed by atoms with Crippen molar-refractivity contribution in [3.8, 4) is 44.5 Å². The maximum atomic E-state index is 6.15. The monoisotopic (exact) mass is 622 g/mol. The topological polar surface area (TPSA) is 13.1 Å². The third-order valence-electron chi connectivity index (χ3n) is 10.0. The van der Waals surface area contributed by atoms with Crippen LogP contribution in [0, 0.1) is 0 Å². The van der Waals surface area contributed by atoms with Gasteiger partial charge in [-0.25, -0.2) is 0 Å². The molecular weight excluding hydrogens is 593 g/mol. The molecule has 0 radical (unpaired) electrons. The first-order chi connectivity index (χ1) is 24.3. The van der Waals surface area contributed by atoms with E-state index in [1.54, 1.807) is 0 Å². The van der Waals surface area contributed by atoms with Crippen LogP contribution in [0.25, 0.3) is 98.8 Å². The van der Waals surface area contributed by atoms with Crippen molar-refractivity contribution in [2.75, 3.05) is 0 Å². The van der Waals surface area contributed by atoms with Crippen molar-refractivity contribution in [3.63, 3.8) is 0 Å². The van der Waals surface area contributed by atoms with Crippen molar-refractivity contribution in [2.24, 2.45) is 0 Å². The lowest BCUT2D eigenvalue weighted by molar-refractivity contribution is 0.669. The molecule has 10 rings (SSSR count). The minimum Gasteiger partial charge on any atom is -0.456 e. The fourth-order valence-electron chi connectivity index (χ4n) is 7.72. The van der Waals surface area contributed by atoms with Gasteiger partial charge in [-0.15, -0.1) is 0 Å². The van der Waals surface area contributed by atoms with E-state index in [2.05, 4.69) is 170 Å². The van der Waals surface area contributed by atoms with Crippen molar-refractivity contribution in [1.29, 1.82) is 0 Å². The molecule has 0 aliphatic carbocycles. The molecule has 1 nitrogen and oxygen atoms in total. The Kier molecular flexibility index (Phi) is 6.25. The Hall–Kier alpha value is -6.44. The van der Waals surface area contributed by atoms with Crippen molar-refractivity contribution < 1.29 is 4.42 Å². The van der Waals surface area contributed by atoms with Crippen LogP contribution in [0.2, 0.25) is 0 Å². The summed E-state index contributed by atoms with van der Waals surface area (Å²) in [4.78, 5) is 0. The molecule has 0 saturated carbocycles. The lowest BCUT2D eigenvalue weighted by Gasteiger charge is -2.19. The third kappa shape index (κ3) is 4.55. The van der Waals surface area contributed by atoms with Crippen molar-refractivity contribution in [3.05, 3.63) is 182 Å². The van der Waals surface area contributed by atoms with Crippen LogP contribution >= 0.6 is 0 Å². The largest absolute Gasteiger partial charge is 0.456 e. The minimum absolute atomic E-state index is 0.914. The van der Waals surface area contributed by atoms with Crippen LogP contribution in [0.5, 0.6) is 0 Å². The molecule has 0 atom stereocenters. The molecule has 10 aromatic rings. The van der Waals surface area contributed by atoms with Crippen LogP contribution < -0.4 is 0 Å². The average Bonchev–Trinajstić information content (AvgIpc) is 3.55. The molecule has 228 valence electrons. The van der Waals surface area contributed by atoms with Crippen LogP contribution in [0.15, 0.2) is 186 Å². The van der Waals surface area contributed by atoms with Crippen LogP contribution in [0.4, 0.5) is 0 Å². The standard InChI is InChI=1S/C48H30O/c1-2-11-31(12-3-1)35-23-25-42-44(30-35)48(38-22-21-32-13-4-5-14-33(32)27-38)41-19-7-6-18-40(41)47(42)37-16-10-15-34(28-37)36-24-26-46-43(29-36)39-17-8-9-20-45(39)49-46/h1-30H. The summed E-state index contributed by atoms with van der Waals surface area (Å²) < 4.78 is 6.15. The van der Waals surface area contributed by atoms with Gasteiger partial charge in [0.15, 0.2) is 0 Å². The van der Waals surface area contributed by atoms with Crippen molar-refractivity contribution >= 4 is 54.3 Å². The number of benzene rings is 9. The van der Waals surface area contributed by atoms with Crippen LogP contribution in [0.1, 0.15) is 0 Å². The molecule has 1 aromatic heterocycles. The Morgan fingerprint density at radius 1 is 0.245 bits per heavy atom. The fourth-order valence-corrected chi connectivity index (χ4v) is 7.72. The summed E-state index contributed by atoms with van der Waals surface area (Å²) in [5.74, 6) is 0. The van der Waals surface area contributed by atoms with Gasteiger partial charge in [0.05, 0.1) is 0 Å². The van der Waals surface area contributed by atoms with Gasteiger partial charge >= 0.3 is 0 Å². The Balaban J connectivity index is 1.24. The lowest BCUT2D eigenvalue weighted by Crippen LogP contribution is -1.92. The van der Waals surface area contributed by atoms with E-state index < -0.39 is 0 Å². The highest BCUT2D eigenvalue weighted by Crippen LogP contribution is 2.46. The predicted molar refractivity (Wildman–Crippen MR) is 208 cm³/mol. The maximum Gasteiger partial charge on any atom is 0.135 e. The second kappa shape index (κ2) is 11.1. The zero-order valence-corrected chi connectivity index (χ0v) is 26.7.